The van der Waals surface area contributed by atoms with Gasteiger partial charge in [0.05, 0.1) is 24.9 Å². The van der Waals surface area contributed by atoms with Crippen molar-refractivity contribution in [1.82, 2.24) is 14.7 Å². The zero-order chi connectivity index (χ0) is 22.8. The van der Waals surface area contributed by atoms with Crippen LogP contribution in [0.3, 0.4) is 0 Å². The van der Waals surface area contributed by atoms with Gasteiger partial charge in [-0.2, -0.15) is 5.10 Å². The molecule has 3 aromatic carbocycles. The predicted octanol–water partition coefficient (Wildman–Crippen LogP) is 4.61. The first-order valence-corrected chi connectivity index (χ1v) is 11.8. The zero-order valence-electron chi connectivity index (χ0n) is 18.4. The van der Waals surface area contributed by atoms with Gasteiger partial charge in [0.25, 0.3) is 5.56 Å². The van der Waals surface area contributed by atoms with Gasteiger partial charge >= 0.3 is 0 Å². The summed E-state index contributed by atoms with van der Waals surface area (Å²) in [6, 6.07) is 23.9. The van der Waals surface area contributed by atoms with Crippen LogP contribution in [0.15, 0.2) is 82.1 Å². The lowest BCUT2D eigenvalue weighted by Crippen LogP contribution is -2.48. The van der Waals surface area contributed by atoms with Crippen molar-refractivity contribution in [3.05, 3.63) is 87.6 Å². The minimum Gasteiger partial charge on any atom is -0.497 e. The van der Waals surface area contributed by atoms with Crippen LogP contribution in [-0.4, -0.2) is 48.0 Å². The van der Waals surface area contributed by atoms with Gasteiger partial charge in [-0.05, 0) is 42.5 Å². The number of aromatic nitrogens is 2. The molecule has 4 aromatic rings. The SMILES string of the molecule is COc1ccc(N2CCN(Cn3nc(-c4ccc(Br)cc4)c4ccccc4c3=O)CC2)cc1. The fraction of sp³-hybridized carbons (Fsp3) is 0.231. The first-order valence-electron chi connectivity index (χ1n) is 11.0. The summed E-state index contributed by atoms with van der Waals surface area (Å²) in [4.78, 5) is 17.9. The van der Waals surface area contributed by atoms with Gasteiger partial charge in [-0.1, -0.05) is 46.3 Å². The highest BCUT2D eigenvalue weighted by atomic mass is 79.9. The molecule has 0 aliphatic carbocycles. The lowest BCUT2D eigenvalue weighted by atomic mass is 10.1. The summed E-state index contributed by atoms with van der Waals surface area (Å²) in [5.74, 6) is 0.862. The van der Waals surface area contributed by atoms with Gasteiger partial charge in [0.2, 0.25) is 0 Å². The Morgan fingerprint density at radius 2 is 1.55 bits per heavy atom. The largest absolute Gasteiger partial charge is 0.497 e. The van der Waals surface area contributed by atoms with Crippen LogP contribution in [0.5, 0.6) is 5.75 Å². The Balaban J connectivity index is 1.38. The van der Waals surface area contributed by atoms with E-state index >= 15 is 0 Å². The first-order chi connectivity index (χ1) is 16.1. The van der Waals surface area contributed by atoms with E-state index < -0.39 is 0 Å². The number of hydrogen-bond donors (Lipinski definition) is 0. The zero-order valence-corrected chi connectivity index (χ0v) is 20.0. The summed E-state index contributed by atoms with van der Waals surface area (Å²) in [5, 5.41) is 6.39. The minimum absolute atomic E-state index is 0.0518. The number of methoxy groups -OCH3 is 1. The molecule has 0 radical (unpaired) electrons. The molecule has 6 nitrogen and oxygen atoms in total. The second-order valence-electron chi connectivity index (χ2n) is 8.15. The van der Waals surface area contributed by atoms with Crippen LogP contribution >= 0.6 is 15.9 Å². The summed E-state index contributed by atoms with van der Waals surface area (Å²) in [5.41, 5.74) is 2.96. The van der Waals surface area contributed by atoms with Crippen LogP contribution in [0.4, 0.5) is 5.69 Å². The smallest absolute Gasteiger partial charge is 0.275 e. The van der Waals surface area contributed by atoms with Crippen LogP contribution < -0.4 is 15.2 Å². The van der Waals surface area contributed by atoms with Crippen molar-refractivity contribution in [2.24, 2.45) is 0 Å². The molecular formula is C26H25BrN4O2. The van der Waals surface area contributed by atoms with E-state index in [2.05, 4.69) is 37.9 Å². The fourth-order valence-electron chi connectivity index (χ4n) is 4.28. The highest BCUT2D eigenvalue weighted by Gasteiger charge is 2.19. The van der Waals surface area contributed by atoms with E-state index in [0.29, 0.717) is 12.1 Å². The van der Waals surface area contributed by atoms with Crippen molar-refractivity contribution in [1.29, 1.82) is 0 Å². The number of halogens is 1. The summed E-state index contributed by atoms with van der Waals surface area (Å²) in [6.45, 7) is 3.99. The normalized spacial score (nSPS) is 14.5. The molecule has 0 bridgehead atoms. The number of anilines is 1. The Bertz CT molecular complexity index is 1310. The Hall–Kier alpha value is -3.16. The van der Waals surface area contributed by atoms with Crippen LogP contribution in [0, 0.1) is 0 Å². The van der Waals surface area contributed by atoms with Gasteiger partial charge in [-0.25, -0.2) is 4.68 Å². The summed E-state index contributed by atoms with van der Waals surface area (Å²) >= 11 is 3.50. The van der Waals surface area contributed by atoms with E-state index in [1.807, 2.05) is 60.7 Å². The van der Waals surface area contributed by atoms with Crippen molar-refractivity contribution in [3.63, 3.8) is 0 Å². The second-order valence-corrected chi connectivity index (χ2v) is 9.07. The molecule has 0 saturated carbocycles. The topological polar surface area (TPSA) is 50.6 Å². The molecule has 0 spiro atoms. The molecule has 2 heterocycles. The quantitative estimate of drug-likeness (QED) is 0.397. The highest BCUT2D eigenvalue weighted by molar-refractivity contribution is 9.10. The monoisotopic (exact) mass is 504 g/mol. The van der Waals surface area contributed by atoms with Crippen molar-refractivity contribution in [3.8, 4) is 17.0 Å². The van der Waals surface area contributed by atoms with Gasteiger partial charge in [0.15, 0.2) is 0 Å². The molecule has 0 N–H and O–H groups in total. The van der Waals surface area contributed by atoms with E-state index in [-0.39, 0.29) is 5.56 Å². The number of ether oxygens (including phenoxy) is 1. The average Bonchev–Trinajstić information content (AvgIpc) is 2.87. The van der Waals surface area contributed by atoms with E-state index in [0.717, 1.165) is 53.0 Å². The molecule has 7 heteroatoms. The Morgan fingerprint density at radius 1 is 0.879 bits per heavy atom. The Labute approximate surface area is 201 Å². The molecule has 0 amide bonds. The van der Waals surface area contributed by atoms with Gasteiger partial charge in [-0.3, -0.25) is 9.69 Å². The number of fused-ring (bicyclic) bond motifs is 1. The van der Waals surface area contributed by atoms with Gasteiger partial charge in [-0.15, -0.1) is 0 Å². The average molecular weight is 505 g/mol. The fourth-order valence-corrected chi connectivity index (χ4v) is 4.55. The number of benzene rings is 3. The lowest BCUT2D eigenvalue weighted by Gasteiger charge is -2.36. The van der Waals surface area contributed by atoms with Gasteiger partial charge < -0.3 is 9.64 Å². The standard InChI is InChI=1S/C26H25BrN4O2/c1-33-22-12-10-21(11-13-22)30-16-14-29(15-17-30)18-31-26(32)24-5-3-2-4-23(24)25(28-31)19-6-8-20(27)9-7-19/h2-13H,14-18H2,1H3. The number of piperazine rings is 1. The van der Waals surface area contributed by atoms with Crippen LogP contribution in [0.25, 0.3) is 22.0 Å². The number of rotatable bonds is 5. The summed E-state index contributed by atoms with van der Waals surface area (Å²) < 4.78 is 7.89. The van der Waals surface area contributed by atoms with Crippen molar-refractivity contribution < 1.29 is 4.74 Å². The van der Waals surface area contributed by atoms with Crippen molar-refractivity contribution in [2.45, 2.75) is 6.67 Å². The maximum absolute atomic E-state index is 13.2. The molecule has 1 aromatic heterocycles. The summed E-state index contributed by atoms with van der Waals surface area (Å²) in [6.07, 6.45) is 0. The number of nitrogens with zero attached hydrogens (tertiary/aromatic N) is 4. The van der Waals surface area contributed by atoms with Crippen LogP contribution in [0.2, 0.25) is 0 Å². The predicted molar refractivity (Wildman–Crippen MR) is 136 cm³/mol. The van der Waals surface area contributed by atoms with Crippen LogP contribution in [-0.2, 0) is 6.67 Å². The molecule has 168 valence electrons. The summed E-state index contributed by atoms with van der Waals surface area (Å²) in [7, 11) is 1.68. The molecule has 1 aliphatic rings. The lowest BCUT2D eigenvalue weighted by molar-refractivity contribution is 0.192. The molecule has 33 heavy (non-hydrogen) atoms. The molecule has 0 atom stereocenters. The molecule has 1 aliphatic heterocycles. The van der Waals surface area contributed by atoms with E-state index in [1.54, 1.807) is 11.8 Å². The van der Waals surface area contributed by atoms with Crippen molar-refractivity contribution in [2.75, 3.05) is 38.2 Å². The van der Waals surface area contributed by atoms with Crippen molar-refractivity contribution >= 4 is 32.4 Å². The van der Waals surface area contributed by atoms with E-state index in [1.165, 1.54) is 5.69 Å². The van der Waals surface area contributed by atoms with Gasteiger partial charge in [0, 0.05) is 47.3 Å². The Kier molecular flexibility index (Phi) is 6.15. The molecular weight excluding hydrogens is 480 g/mol. The van der Waals surface area contributed by atoms with Crippen LogP contribution in [0.1, 0.15) is 0 Å². The maximum Gasteiger partial charge on any atom is 0.275 e. The molecule has 5 rings (SSSR count). The highest BCUT2D eigenvalue weighted by Crippen LogP contribution is 2.26. The first kappa shape index (κ1) is 21.7. The molecule has 0 unspecified atom stereocenters. The van der Waals surface area contributed by atoms with E-state index in [4.69, 9.17) is 9.84 Å². The Morgan fingerprint density at radius 3 is 2.21 bits per heavy atom. The van der Waals surface area contributed by atoms with Gasteiger partial charge in [0.1, 0.15) is 5.75 Å². The third-order valence-corrected chi connectivity index (χ3v) is 6.66. The molecule has 1 fully saturated rings. The maximum atomic E-state index is 13.2. The van der Waals surface area contributed by atoms with E-state index in [9.17, 15) is 4.79 Å². The third-order valence-electron chi connectivity index (χ3n) is 6.13. The third kappa shape index (κ3) is 4.51. The number of hydrogen-bond acceptors (Lipinski definition) is 5. The minimum atomic E-state index is -0.0518. The molecule has 1 saturated heterocycles. The second kappa shape index (κ2) is 9.37.